The molecule has 0 bridgehead atoms. The average molecular weight is 249 g/mol. The van der Waals surface area contributed by atoms with Gasteiger partial charge in [-0.05, 0) is 31.5 Å². The Bertz CT molecular complexity index is 607. The number of hydrogen-bond donors (Lipinski definition) is 0. The van der Waals surface area contributed by atoms with E-state index in [1.54, 1.807) is 14.0 Å². The summed E-state index contributed by atoms with van der Waals surface area (Å²) in [5.74, 6) is -0.464. The molecule has 0 N–H and O–H groups in total. The third-order valence-electron chi connectivity index (χ3n) is 2.42. The van der Waals surface area contributed by atoms with Crippen LogP contribution in [-0.4, -0.2) is 20.5 Å². The van der Waals surface area contributed by atoms with Gasteiger partial charge in [0, 0.05) is 7.05 Å². The van der Waals surface area contributed by atoms with Gasteiger partial charge in [-0.1, -0.05) is 0 Å². The highest BCUT2D eigenvalue weighted by atomic mass is 19.1. The SMILES string of the molecule is CC(=O)c1cc(F)c(C)cc1Oc1ncn(C)n1. The molecule has 2 aromatic rings. The van der Waals surface area contributed by atoms with E-state index >= 15 is 0 Å². The van der Waals surface area contributed by atoms with Crippen molar-refractivity contribution in [3.8, 4) is 11.8 Å². The van der Waals surface area contributed by atoms with Crippen LogP contribution >= 0.6 is 0 Å². The molecule has 5 nitrogen and oxygen atoms in total. The van der Waals surface area contributed by atoms with E-state index in [9.17, 15) is 9.18 Å². The molecular formula is C12H12FN3O2. The van der Waals surface area contributed by atoms with Crippen LogP contribution in [0.1, 0.15) is 22.8 Å². The molecule has 0 aliphatic carbocycles. The minimum atomic E-state index is -0.443. The molecule has 0 saturated heterocycles. The minimum absolute atomic E-state index is 0.117. The van der Waals surface area contributed by atoms with Crippen molar-refractivity contribution in [2.24, 2.45) is 7.05 Å². The fourth-order valence-electron chi connectivity index (χ4n) is 1.48. The van der Waals surface area contributed by atoms with Crippen LogP contribution < -0.4 is 4.74 Å². The molecule has 0 saturated carbocycles. The van der Waals surface area contributed by atoms with Gasteiger partial charge in [-0.15, -0.1) is 5.10 Å². The Morgan fingerprint density at radius 3 is 2.72 bits per heavy atom. The third-order valence-corrected chi connectivity index (χ3v) is 2.42. The summed E-state index contributed by atoms with van der Waals surface area (Å²) in [7, 11) is 1.70. The van der Waals surface area contributed by atoms with Gasteiger partial charge in [0.1, 0.15) is 17.9 Å². The summed E-state index contributed by atoms with van der Waals surface area (Å²) < 4.78 is 20.3. The van der Waals surface area contributed by atoms with Gasteiger partial charge in [-0.2, -0.15) is 4.98 Å². The quantitative estimate of drug-likeness (QED) is 0.783. The van der Waals surface area contributed by atoms with Crippen molar-refractivity contribution in [2.45, 2.75) is 13.8 Å². The van der Waals surface area contributed by atoms with Crippen molar-refractivity contribution in [1.29, 1.82) is 0 Å². The molecular weight excluding hydrogens is 237 g/mol. The molecule has 0 fully saturated rings. The Kier molecular flexibility index (Phi) is 3.10. The van der Waals surface area contributed by atoms with Crippen LogP contribution in [0.5, 0.6) is 11.8 Å². The van der Waals surface area contributed by atoms with Gasteiger partial charge < -0.3 is 4.74 Å². The summed E-state index contributed by atoms with van der Waals surface area (Å²) in [6.07, 6.45) is 1.47. The summed E-state index contributed by atoms with van der Waals surface area (Å²) in [6, 6.07) is 2.74. The number of benzene rings is 1. The molecule has 1 aromatic carbocycles. The van der Waals surface area contributed by atoms with E-state index in [1.165, 1.54) is 24.0 Å². The minimum Gasteiger partial charge on any atom is -0.422 e. The van der Waals surface area contributed by atoms with Crippen LogP contribution in [0.2, 0.25) is 0 Å². The Morgan fingerprint density at radius 2 is 2.17 bits per heavy atom. The number of aryl methyl sites for hydroxylation is 2. The van der Waals surface area contributed by atoms with Gasteiger partial charge in [0.15, 0.2) is 5.78 Å². The molecule has 0 spiro atoms. The van der Waals surface area contributed by atoms with E-state index < -0.39 is 5.82 Å². The number of rotatable bonds is 3. The Balaban J connectivity index is 2.42. The lowest BCUT2D eigenvalue weighted by molar-refractivity contribution is 0.101. The summed E-state index contributed by atoms with van der Waals surface area (Å²) in [5.41, 5.74) is 0.566. The number of aromatic nitrogens is 3. The molecule has 0 unspecified atom stereocenters. The monoisotopic (exact) mass is 249 g/mol. The Morgan fingerprint density at radius 1 is 1.44 bits per heavy atom. The van der Waals surface area contributed by atoms with Crippen LogP contribution in [0, 0.1) is 12.7 Å². The third kappa shape index (κ3) is 2.37. The topological polar surface area (TPSA) is 57.0 Å². The predicted octanol–water partition coefficient (Wildman–Crippen LogP) is 2.26. The van der Waals surface area contributed by atoms with Crippen molar-refractivity contribution in [3.05, 3.63) is 35.4 Å². The number of hydrogen-bond acceptors (Lipinski definition) is 4. The molecule has 0 radical (unpaired) electrons. The molecule has 18 heavy (non-hydrogen) atoms. The smallest absolute Gasteiger partial charge is 0.341 e. The average Bonchev–Trinajstić information content (AvgIpc) is 2.68. The molecule has 94 valence electrons. The lowest BCUT2D eigenvalue weighted by atomic mass is 10.1. The van der Waals surface area contributed by atoms with Crippen molar-refractivity contribution in [2.75, 3.05) is 0 Å². The number of carbonyl (C=O) groups excluding carboxylic acids is 1. The fraction of sp³-hybridized carbons (Fsp3) is 0.250. The predicted molar refractivity (Wildman–Crippen MR) is 62.2 cm³/mol. The molecule has 0 amide bonds. The summed E-state index contributed by atoms with van der Waals surface area (Å²) in [4.78, 5) is 15.3. The lowest BCUT2D eigenvalue weighted by Gasteiger charge is -2.08. The van der Waals surface area contributed by atoms with Crippen LogP contribution in [-0.2, 0) is 7.05 Å². The molecule has 6 heteroatoms. The Hall–Kier alpha value is -2.24. The second-order valence-corrected chi connectivity index (χ2v) is 3.96. The summed E-state index contributed by atoms with van der Waals surface area (Å²) in [6.45, 7) is 2.95. The molecule has 1 aromatic heterocycles. The van der Waals surface area contributed by atoms with Crippen molar-refractivity contribution >= 4 is 5.78 Å². The zero-order chi connectivity index (χ0) is 13.3. The van der Waals surface area contributed by atoms with Gasteiger partial charge in [0.05, 0.1) is 5.56 Å². The van der Waals surface area contributed by atoms with Crippen LogP contribution in [0.3, 0.4) is 0 Å². The van der Waals surface area contributed by atoms with Crippen LogP contribution in [0.25, 0.3) is 0 Å². The van der Waals surface area contributed by atoms with E-state index in [0.29, 0.717) is 5.56 Å². The van der Waals surface area contributed by atoms with E-state index in [0.717, 1.165) is 6.07 Å². The lowest BCUT2D eigenvalue weighted by Crippen LogP contribution is -2.00. The number of nitrogens with zero attached hydrogens (tertiary/aromatic N) is 3. The maximum absolute atomic E-state index is 13.4. The highest BCUT2D eigenvalue weighted by molar-refractivity contribution is 5.97. The number of carbonyl (C=O) groups is 1. The van der Waals surface area contributed by atoms with E-state index in [2.05, 4.69) is 10.1 Å². The first-order valence-corrected chi connectivity index (χ1v) is 5.32. The van der Waals surface area contributed by atoms with Gasteiger partial charge >= 0.3 is 6.01 Å². The molecule has 2 rings (SSSR count). The Labute approximate surface area is 103 Å². The fourth-order valence-corrected chi connectivity index (χ4v) is 1.48. The zero-order valence-corrected chi connectivity index (χ0v) is 10.3. The van der Waals surface area contributed by atoms with E-state index in [4.69, 9.17) is 4.74 Å². The largest absolute Gasteiger partial charge is 0.422 e. The maximum Gasteiger partial charge on any atom is 0.341 e. The number of ketones is 1. The first-order valence-electron chi connectivity index (χ1n) is 5.32. The van der Waals surface area contributed by atoms with E-state index in [-0.39, 0.29) is 23.1 Å². The summed E-state index contributed by atoms with van der Waals surface area (Å²) in [5, 5.41) is 3.94. The second kappa shape index (κ2) is 4.56. The van der Waals surface area contributed by atoms with E-state index in [1.807, 2.05) is 0 Å². The highest BCUT2D eigenvalue weighted by Crippen LogP contribution is 2.26. The van der Waals surface area contributed by atoms with Crippen LogP contribution in [0.15, 0.2) is 18.5 Å². The second-order valence-electron chi connectivity index (χ2n) is 3.96. The molecule has 0 aliphatic rings. The standard InChI is InChI=1S/C12H12FN3O2/c1-7-4-11(9(8(2)17)5-10(7)13)18-12-14-6-16(3)15-12/h4-6H,1-3H3. The van der Waals surface area contributed by atoms with Gasteiger partial charge in [0.25, 0.3) is 0 Å². The molecule has 0 atom stereocenters. The van der Waals surface area contributed by atoms with Gasteiger partial charge in [-0.25, -0.2) is 4.39 Å². The number of Topliss-reactive ketones (excluding diaryl/α,β-unsaturated/α-hetero) is 1. The molecule has 1 heterocycles. The van der Waals surface area contributed by atoms with Crippen molar-refractivity contribution < 1.29 is 13.9 Å². The highest BCUT2D eigenvalue weighted by Gasteiger charge is 2.14. The first-order chi connectivity index (χ1) is 8.47. The molecule has 0 aliphatic heterocycles. The van der Waals surface area contributed by atoms with Crippen molar-refractivity contribution in [3.63, 3.8) is 0 Å². The maximum atomic E-state index is 13.4. The number of ether oxygens (including phenoxy) is 1. The van der Waals surface area contributed by atoms with Gasteiger partial charge in [0.2, 0.25) is 0 Å². The van der Waals surface area contributed by atoms with Gasteiger partial charge in [-0.3, -0.25) is 9.48 Å². The van der Waals surface area contributed by atoms with Crippen LogP contribution in [0.4, 0.5) is 4.39 Å². The summed E-state index contributed by atoms with van der Waals surface area (Å²) >= 11 is 0. The first kappa shape index (κ1) is 12.2. The number of halogens is 1. The normalized spacial score (nSPS) is 10.4. The zero-order valence-electron chi connectivity index (χ0n) is 10.3. The van der Waals surface area contributed by atoms with Crippen molar-refractivity contribution in [1.82, 2.24) is 14.8 Å².